The molecule has 1 saturated heterocycles. The van der Waals surface area contributed by atoms with Gasteiger partial charge in [-0.1, -0.05) is 49.4 Å². The number of benzene rings is 2. The van der Waals surface area contributed by atoms with E-state index in [2.05, 4.69) is 11.8 Å². The first-order valence-electron chi connectivity index (χ1n) is 9.46. The Balaban J connectivity index is 1.42. The molecule has 0 unspecified atom stereocenters. The molecule has 1 amide bonds. The maximum absolute atomic E-state index is 12.4. The van der Waals surface area contributed by atoms with Crippen molar-refractivity contribution in [2.24, 2.45) is 0 Å². The van der Waals surface area contributed by atoms with Crippen molar-refractivity contribution in [3.8, 4) is 5.75 Å². The van der Waals surface area contributed by atoms with Gasteiger partial charge in [0, 0.05) is 31.7 Å². The van der Waals surface area contributed by atoms with Gasteiger partial charge in [-0.15, -0.1) is 0 Å². The molecular weight excluding hydrogens is 340 g/mol. The first-order valence-corrected chi connectivity index (χ1v) is 9.46. The molecule has 0 atom stereocenters. The van der Waals surface area contributed by atoms with Crippen LogP contribution >= 0.6 is 0 Å². The second kappa shape index (κ2) is 9.33. The SMILES string of the molecule is CCc1ccc(C(=O)CN2CCN(C(=O)COc3ccccc3)CC2)cc1. The number of carbonyl (C=O) groups is 2. The first-order chi connectivity index (χ1) is 13.2. The van der Waals surface area contributed by atoms with E-state index in [9.17, 15) is 9.59 Å². The van der Waals surface area contributed by atoms with Gasteiger partial charge in [-0.25, -0.2) is 0 Å². The van der Waals surface area contributed by atoms with Gasteiger partial charge in [0.25, 0.3) is 5.91 Å². The number of hydrogen-bond acceptors (Lipinski definition) is 4. The summed E-state index contributed by atoms with van der Waals surface area (Å²) in [5.41, 5.74) is 1.98. The number of amides is 1. The molecule has 0 bridgehead atoms. The fourth-order valence-electron chi connectivity index (χ4n) is 3.13. The maximum Gasteiger partial charge on any atom is 0.260 e. The van der Waals surface area contributed by atoms with E-state index < -0.39 is 0 Å². The number of ether oxygens (including phenoxy) is 1. The molecule has 1 aliphatic rings. The van der Waals surface area contributed by atoms with Crippen molar-refractivity contribution >= 4 is 11.7 Å². The number of piperazine rings is 1. The summed E-state index contributed by atoms with van der Waals surface area (Å²) in [6.45, 7) is 5.20. The van der Waals surface area contributed by atoms with Crippen molar-refractivity contribution < 1.29 is 14.3 Å². The molecule has 1 fully saturated rings. The maximum atomic E-state index is 12.4. The monoisotopic (exact) mass is 366 g/mol. The Morgan fingerprint density at radius 2 is 1.59 bits per heavy atom. The zero-order valence-electron chi connectivity index (χ0n) is 15.8. The summed E-state index contributed by atoms with van der Waals surface area (Å²) >= 11 is 0. The minimum atomic E-state index is -0.0139. The van der Waals surface area contributed by atoms with Crippen molar-refractivity contribution in [2.45, 2.75) is 13.3 Å². The van der Waals surface area contributed by atoms with Crippen LogP contribution in [-0.4, -0.2) is 60.8 Å². The molecule has 5 nitrogen and oxygen atoms in total. The number of ketones is 1. The number of rotatable bonds is 7. The minimum Gasteiger partial charge on any atom is -0.484 e. The van der Waals surface area contributed by atoms with Gasteiger partial charge in [-0.05, 0) is 24.1 Å². The number of Topliss-reactive ketones (excluding diaryl/α,β-unsaturated/α-hetero) is 1. The highest BCUT2D eigenvalue weighted by Gasteiger charge is 2.23. The second-order valence-electron chi connectivity index (χ2n) is 6.73. The van der Waals surface area contributed by atoms with Gasteiger partial charge < -0.3 is 9.64 Å². The smallest absolute Gasteiger partial charge is 0.260 e. The summed E-state index contributed by atoms with van der Waals surface area (Å²) in [7, 11) is 0. The van der Waals surface area contributed by atoms with Crippen molar-refractivity contribution in [1.29, 1.82) is 0 Å². The summed E-state index contributed by atoms with van der Waals surface area (Å²) in [6.07, 6.45) is 0.971. The minimum absolute atomic E-state index is 0.0139. The van der Waals surface area contributed by atoms with Crippen LogP contribution in [0.25, 0.3) is 0 Å². The van der Waals surface area contributed by atoms with Crippen LogP contribution < -0.4 is 4.74 Å². The highest BCUT2D eigenvalue weighted by atomic mass is 16.5. The Labute approximate surface area is 160 Å². The largest absolute Gasteiger partial charge is 0.484 e. The molecule has 142 valence electrons. The van der Waals surface area contributed by atoms with Crippen LogP contribution in [0, 0.1) is 0 Å². The summed E-state index contributed by atoms with van der Waals surface area (Å²) in [4.78, 5) is 28.7. The van der Waals surface area contributed by atoms with E-state index >= 15 is 0 Å². The Hall–Kier alpha value is -2.66. The van der Waals surface area contributed by atoms with Crippen LogP contribution in [0.2, 0.25) is 0 Å². The molecule has 2 aromatic carbocycles. The number of para-hydroxylation sites is 1. The molecule has 0 radical (unpaired) electrons. The molecule has 0 aromatic heterocycles. The number of carbonyl (C=O) groups excluding carboxylic acids is 2. The van der Waals surface area contributed by atoms with Crippen molar-refractivity contribution in [3.63, 3.8) is 0 Å². The van der Waals surface area contributed by atoms with E-state index in [0.29, 0.717) is 38.5 Å². The Morgan fingerprint density at radius 3 is 2.22 bits per heavy atom. The van der Waals surface area contributed by atoms with Gasteiger partial charge in [-0.3, -0.25) is 14.5 Å². The van der Waals surface area contributed by atoms with Crippen molar-refractivity contribution in [1.82, 2.24) is 9.80 Å². The molecule has 0 N–H and O–H groups in total. The third kappa shape index (κ3) is 5.41. The highest BCUT2D eigenvalue weighted by molar-refractivity contribution is 5.97. The summed E-state index contributed by atoms with van der Waals surface area (Å²) in [6, 6.07) is 17.2. The fourth-order valence-corrected chi connectivity index (χ4v) is 3.13. The normalized spacial score (nSPS) is 14.8. The number of aryl methyl sites for hydroxylation is 1. The molecular formula is C22H26N2O3. The second-order valence-corrected chi connectivity index (χ2v) is 6.73. The Bertz CT molecular complexity index is 751. The van der Waals surface area contributed by atoms with Gasteiger partial charge in [0.1, 0.15) is 5.75 Å². The lowest BCUT2D eigenvalue weighted by atomic mass is 10.1. The van der Waals surface area contributed by atoms with E-state index in [4.69, 9.17) is 4.74 Å². The first kappa shape index (κ1) is 19.1. The van der Waals surface area contributed by atoms with E-state index in [-0.39, 0.29) is 18.3 Å². The predicted molar refractivity (Wildman–Crippen MR) is 105 cm³/mol. The third-order valence-corrected chi connectivity index (χ3v) is 4.88. The average Bonchev–Trinajstić information content (AvgIpc) is 2.73. The van der Waals surface area contributed by atoms with Crippen LogP contribution in [0.1, 0.15) is 22.8 Å². The molecule has 1 heterocycles. The molecule has 0 aliphatic carbocycles. The van der Waals surface area contributed by atoms with Crippen LogP contribution in [0.5, 0.6) is 5.75 Å². The van der Waals surface area contributed by atoms with Gasteiger partial charge in [0.05, 0.1) is 6.54 Å². The molecule has 0 saturated carbocycles. The lowest BCUT2D eigenvalue weighted by Crippen LogP contribution is -2.51. The van der Waals surface area contributed by atoms with E-state index in [1.165, 1.54) is 5.56 Å². The van der Waals surface area contributed by atoms with Crippen LogP contribution in [0.4, 0.5) is 0 Å². The molecule has 5 heteroatoms. The Morgan fingerprint density at radius 1 is 0.926 bits per heavy atom. The van der Waals surface area contributed by atoms with Crippen LogP contribution in [0.15, 0.2) is 54.6 Å². The fraction of sp³-hybridized carbons (Fsp3) is 0.364. The van der Waals surface area contributed by atoms with E-state index in [1.807, 2.05) is 54.6 Å². The summed E-state index contributed by atoms with van der Waals surface area (Å²) in [5, 5.41) is 0. The Kier molecular flexibility index (Phi) is 6.60. The lowest BCUT2D eigenvalue weighted by Gasteiger charge is -2.34. The summed E-state index contributed by atoms with van der Waals surface area (Å²) < 4.78 is 5.53. The molecule has 0 spiro atoms. The zero-order valence-corrected chi connectivity index (χ0v) is 15.8. The number of nitrogens with zero attached hydrogens (tertiary/aromatic N) is 2. The molecule has 1 aliphatic heterocycles. The molecule has 2 aromatic rings. The standard InChI is InChI=1S/C22H26N2O3/c1-2-18-8-10-19(11-9-18)21(25)16-23-12-14-24(15-13-23)22(26)17-27-20-6-4-3-5-7-20/h3-11H,2,12-17H2,1H3. The van der Waals surface area contributed by atoms with E-state index in [1.54, 1.807) is 4.90 Å². The molecule has 3 rings (SSSR count). The number of hydrogen-bond donors (Lipinski definition) is 0. The van der Waals surface area contributed by atoms with Gasteiger partial charge >= 0.3 is 0 Å². The van der Waals surface area contributed by atoms with Crippen LogP contribution in [-0.2, 0) is 11.2 Å². The predicted octanol–water partition coefficient (Wildman–Crippen LogP) is 2.65. The lowest BCUT2D eigenvalue weighted by molar-refractivity contribution is -0.135. The topological polar surface area (TPSA) is 49.9 Å². The van der Waals surface area contributed by atoms with Gasteiger partial charge in [0.2, 0.25) is 0 Å². The quantitative estimate of drug-likeness (QED) is 0.707. The third-order valence-electron chi connectivity index (χ3n) is 4.88. The van der Waals surface area contributed by atoms with Crippen molar-refractivity contribution in [2.75, 3.05) is 39.3 Å². The zero-order chi connectivity index (χ0) is 19.1. The van der Waals surface area contributed by atoms with Gasteiger partial charge in [0.15, 0.2) is 12.4 Å². The molecule has 27 heavy (non-hydrogen) atoms. The average molecular weight is 366 g/mol. The highest BCUT2D eigenvalue weighted by Crippen LogP contribution is 2.11. The summed E-state index contributed by atoms with van der Waals surface area (Å²) in [5.74, 6) is 0.814. The van der Waals surface area contributed by atoms with Crippen molar-refractivity contribution in [3.05, 3.63) is 65.7 Å². The van der Waals surface area contributed by atoms with E-state index in [0.717, 1.165) is 12.0 Å². The van der Waals surface area contributed by atoms with Crippen LogP contribution in [0.3, 0.4) is 0 Å². The van der Waals surface area contributed by atoms with Gasteiger partial charge in [-0.2, -0.15) is 0 Å².